The molecule has 27 heavy (non-hydrogen) atoms. The molecule has 0 spiro atoms. The number of aliphatic hydroxyl groups is 1. The third kappa shape index (κ3) is 4.20. The molecule has 2 amide bonds. The van der Waals surface area contributed by atoms with Crippen molar-refractivity contribution in [2.24, 2.45) is 0 Å². The van der Waals surface area contributed by atoms with Crippen molar-refractivity contribution in [3.63, 3.8) is 0 Å². The molecule has 0 saturated carbocycles. The van der Waals surface area contributed by atoms with Crippen LogP contribution in [0.5, 0.6) is 0 Å². The van der Waals surface area contributed by atoms with Crippen LogP contribution in [0.25, 0.3) is 6.08 Å². The molecule has 1 saturated heterocycles. The second kappa shape index (κ2) is 8.09. The summed E-state index contributed by atoms with van der Waals surface area (Å²) >= 11 is 0. The Bertz CT molecular complexity index is 842. The Hall–Kier alpha value is -3.06. The lowest BCUT2D eigenvalue weighted by Crippen LogP contribution is -2.39. The average molecular weight is 370 g/mol. The van der Waals surface area contributed by atoms with E-state index < -0.39 is 42.5 Å². The number of pyridine rings is 1. The van der Waals surface area contributed by atoms with Crippen LogP contribution in [0.3, 0.4) is 0 Å². The summed E-state index contributed by atoms with van der Waals surface area (Å²) in [5.41, 5.74) is 1.08. The van der Waals surface area contributed by atoms with Gasteiger partial charge in [-0.25, -0.2) is 14.1 Å². The van der Waals surface area contributed by atoms with Crippen LogP contribution >= 0.6 is 0 Å². The number of hydrogen-bond acceptors (Lipinski definition) is 5. The zero-order valence-corrected chi connectivity index (χ0v) is 14.7. The van der Waals surface area contributed by atoms with Gasteiger partial charge in [-0.1, -0.05) is 36.4 Å². The molecule has 3 atom stereocenters. The summed E-state index contributed by atoms with van der Waals surface area (Å²) in [4.78, 5) is 29.5. The number of ether oxygens (including phenoxy) is 1. The molecule has 2 heterocycles. The van der Waals surface area contributed by atoms with Crippen LogP contribution in [-0.4, -0.2) is 39.1 Å². The molecular weight excluding hydrogens is 351 g/mol. The molecule has 1 fully saturated rings. The van der Waals surface area contributed by atoms with Crippen molar-refractivity contribution in [3.05, 3.63) is 71.8 Å². The van der Waals surface area contributed by atoms with Crippen molar-refractivity contribution < 1.29 is 23.8 Å². The van der Waals surface area contributed by atoms with Crippen molar-refractivity contribution >= 4 is 18.1 Å². The van der Waals surface area contributed by atoms with Crippen LogP contribution in [0.15, 0.2) is 60.6 Å². The Kier molecular flexibility index (Phi) is 5.61. The first-order chi connectivity index (χ1) is 13.0. The fourth-order valence-corrected chi connectivity index (χ4v) is 2.94. The lowest BCUT2D eigenvalue weighted by molar-refractivity contribution is -0.130. The number of cyclic esters (lactones) is 1. The van der Waals surface area contributed by atoms with E-state index in [1.54, 1.807) is 37.3 Å². The zero-order valence-electron chi connectivity index (χ0n) is 14.7. The van der Waals surface area contributed by atoms with Gasteiger partial charge in [0.25, 0.3) is 0 Å². The molecule has 1 aliphatic heterocycles. The van der Waals surface area contributed by atoms with E-state index in [0.29, 0.717) is 5.69 Å². The van der Waals surface area contributed by atoms with E-state index >= 15 is 0 Å². The molecule has 3 rings (SSSR count). The largest absolute Gasteiger partial charge is 0.439 e. The number of amides is 2. The van der Waals surface area contributed by atoms with Crippen LogP contribution in [0.2, 0.25) is 0 Å². The highest BCUT2D eigenvalue weighted by Gasteiger charge is 2.43. The summed E-state index contributed by atoms with van der Waals surface area (Å²) in [5.74, 6) is -1.61. The van der Waals surface area contributed by atoms with Gasteiger partial charge >= 0.3 is 6.09 Å². The van der Waals surface area contributed by atoms with Crippen LogP contribution in [-0.2, 0) is 9.53 Å². The maximum Gasteiger partial charge on any atom is 0.417 e. The fourth-order valence-electron chi connectivity index (χ4n) is 2.94. The lowest BCUT2D eigenvalue weighted by Gasteiger charge is -2.20. The molecule has 1 aromatic carbocycles. The van der Waals surface area contributed by atoms with E-state index in [2.05, 4.69) is 4.98 Å². The van der Waals surface area contributed by atoms with Gasteiger partial charge in [-0.2, -0.15) is 0 Å². The van der Waals surface area contributed by atoms with E-state index in [0.717, 1.165) is 16.5 Å². The van der Waals surface area contributed by atoms with Crippen LogP contribution in [0, 0.1) is 0 Å². The number of carbonyl (C=O) groups is 2. The molecular formula is C20H19FN2O4. The van der Waals surface area contributed by atoms with Gasteiger partial charge in [0.15, 0.2) is 0 Å². The highest BCUT2D eigenvalue weighted by molar-refractivity contribution is 5.94. The van der Waals surface area contributed by atoms with Crippen molar-refractivity contribution in [1.29, 1.82) is 0 Å². The van der Waals surface area contributed by atoms with Crippen molar-refractivity contribution in [2.45, 2.75) is 31.6 Å². The second-order valence-electron chi connectivity index (χ2n) is 6.22. The summed E-state index contributed by atoms with van der Waals surface area (Å²) in [6.45, 7) is 1.67. The quantitative estimate of drug-likeness (QED) is 0.874. The Labute approximate surface area is 155 Å². The van der Waals surface area contributed by atoms with E-state index in [1.807, 2.05) is 18.2 Å². The number of aliphatic hydroxyl groups excluding tert-OH is 1. The van der Waals surface area contributed by atoms with Crippen molar-refractivity contribution in [2.75, 3.05) is 0 Å². The van der Waals surface area contributed by atoms with E-state index in [9.17, 15) is 19.1 Å². The highest BCUT2D eigenvalue weighted by atomic mass is 19.1. The molecule has 7 heteroatoms. The third-order valence-corrected chi connectivity index (χ3v) is 4.33. The maximum absolute atomic E-state index is 14.1. The predicted octanol–water partition coefficient (Wildman–Crippen LogP) is 3.25. The van der Waals surface area contributed by atoms with Crippen LogP contribution in [0.4, 0.5) is 9.18 Å². The number of hydrogen-bond donors (Lipinski definition) is 1. The molecule has 0 radical (unpaired) electrons. The summed E-state index contributed by atoms with van der Waals surface area (Å²) in [7, 11) is 0. The highest BCUT2D eigenvalue weighted by Crippen LogP contribution is 2.33. The SMILES string of the molecule is C[C@H]1[C@@H](c2ccccc2)OC(=O)N1C(=O)C[C@H](O)/C(F)=C/c1ccccn1. The number of rotatable bonds is 5. The Balaban J connectivity index is 1.68. The first kappa shape index (κ1) is 18.7. The smallest absolute Gasteiger partial charge is 0.417 e. The van der Waals surface area contributed by atoms with E-state index in [-0.39, 0.29) is 0 Å². The number of nitrogens with zero attached hydrogens (tertiary/aromatic N) is 2. The average Bonchev–Trinajstić information content (AvgIpc) is 2.97. The minimum atomic E-state index is -1.67. The van der Waals surface area contributed by atoms with Gasteiger partial charge in [-0.3, -0.25) is 9.78 Å². The van der Waals surface area contributed by atoms with Gasteiger partial charge in [0.1, 0.15) is 18.0 Å². The number of benzene rings is 1. The van der Waals surface area contributed by atoms with E-state index in [4.69, 9.17) is 4.74 Å². The van der Waals surface area contributed by atoms with Crippen molar-refractivity contribution in [3.8, 4) is 0 Å². The number of imide groups is 1. The first-order valence-electron chi connectivity index (χ1n) is 8.51. The molecule has 1 aliphatic rings. The summed E-state index contributed by atoms with van der Waals surface area (Å²) < 4.78 is 19.4. The summed E-state index contributed by atoms with van der Waals surface area (Å²) in [6.07, 6.45) is -1.11. The van der Waals surface area contributed by atoms with Gasteiger partial charge in [-0.05, 0) is 30.7 Å². The lowest BCUT2D eigenvalue weighted by atomic mass is 10.0. The Morgan fingerprint density at radius 1 is 1.30 bits per heavy atom. The minimum Gasteiger partial charge on any atom is -0.439 e. The summed E-state index contributed by atoms with van der Waals surface area (Å²) in [5, 5.41) is 9.99. The minimum absolute atomic E-state index is 0.319. The first-order valence-corrected chi connectivity index (χ1v) is 8.51. The second-order valence-corrected chi connectivity index (χ2v) is 6.22. The summed E-state index contributed by atoms with van der Waals surface area (Å²) in [6, 6.07) is 13.4. The van der Waals surface area contributed by atoms with Crippen LogP contribution < -0.4 is 0 Å². The standard InChI is InChI=1S/C20H19FN2O4/c1-13-19(14-7-3-2-4-8-14)27-20(26)23(13)18(25)12-17(24)16(21)11-15-9-5-6-10-22-15/h2-11,13,17,19,24H,12H2,1H3/b16-11-/t13-,17-,19-/m0/s1. The molecule has 0 aliphatic carbocycles. The fraction of sp³-hybridized carbons (Fsp3) is 0.250. The maximum atomic E-state index is 14.1. The topological polar surface area (TPSA) is 79.7 Å². The number of halogens is 1. The molecule has 0 unspecified atom stereocenters. The number of aromatic nitrogens is 1. The van der Waals surface area contributed by atoms with Gasteiger partial charge in [0.05, 0.1) is 18.2 Å². The molecule has 140 valence electrons. The molecule has 1 N–H and O–H groups in total. The van der Waals surface area contributed by atoms with Gasteiger partial charge < -0.3 is 9.84 Å². The molecule has 2 aromatic rings. The normalized spacial score (nSPS) is 21.1. The monoisotopic (exact) mass is 370 g/mol. The van der Waals surface area contributed by atoms with Crippen LogP contribution in [0.1, 0.15) is 30.7 Å². The van der Waals surface area contributed by atoms with E-state index in [1.165, 1.54) is 6.20 Å². The Morgan fingerprint density at radius 3 is 2.67 bits per heavy atom. The third-order valence-electron chi connectivity index (χ3n) is 4.33. The molecule has 0 bridgehead atoms. The number of carbonyl (C=O) groups excluding carboxylic acids is 2. The molecule has 1 aromatic heterocycles. The zero-order chi connectivity index (χ0) is 19.4. The predicted molar refractivity (Wildman–Crippen MR) is 95.9 cm³/mol. The van der Waals surface area contributed by atoms with Gasteiger partial charge in [-0.15, -0.1) is 0 Å². The van der Waals surface area contributed by atoms with Gasteiger partial charge in [0, 0.05) is 6.20 Å². The molecule has 6 nitrogen and oxygen atoms in total. The Morgan fingerprint density at radius 2 is 2.00 bits per heavy atom. The van der Waals surface area contributed by atoms with Crippen molar-refractivity contribution in [1.82, 2.24) is 9.88 Å². The van der Waals surface area contributed by atoms with Gasteiger partial charge in [0.2, 0.25) is 5.91 Å².